The Kier molecular flexibility index (Phi) is 4.33. The Hall–Kier alpha value is -1.39. The minimum atomic E-state index is 0.352. The van der Waals surface area contributed by atoms with E-state index in [9.17, 15) is 0 Å². The van der Waals surface area contributed by atoms with Crippen LogP contribution in [0.5, 0.6) is 0 Å². The van der Waals surface area contributed by atoms with Crippen LogP contribution in [0.3, 0.4) is 0 Å². The van der Waals surface area contributed by atoms with Gasteiger partial charge in [-0.1, -0.05) is 28.9 Å². The van der Waals surface area contributed by atoms with Gasteiger partial charge in [0.05, 0.1) is 5.69 Å². The lowest BCUT2D eigenvalue weighted by atomic mass is 9.94. The maximum absolute atomic E-state index is 6.04. The molecule has 0 spiro atoms. The number of halogens is 1. The zero-order valence-corrected chi connectivity index (χ0v) is 11.4. The lowest BCUT2D eigenvalue weighted by Gasteiger charge is -2.15. The van der Waals surface area contributed by atoms with Gasteiger partial charge < -0.3 is 5.32 Å². The van der Waals surface area contributed by atoms with Crippen molar-refractivity contribution in [3.05, 3.63) is 46.7 Å². The van der Waals surface area contributed by atoms with Crippen LogP contribution in [0.2, 0.25) is 5.02 Å². The van der Waals surface area contributed by atoms with Crippen molar-refractivity contribution in [3.63, 3.8) is 0 Å². The summed E-state index contributed by atoms with van der Waals surface area (Å²) in [7, 11) is 3.83. The summed E-state index contributed by atoms with van der Waals surface area (Å²) in [6, 6.07) is 7.99. The topological polar surface area (TPSA) is 42.7 Å². The van der Waals surface area contributed by atoms with Gasteiger partial charge in [-0.25, -0.2) is 0 Å². The van der Waals surface area contributed by atoms with Crippen molar-refractivity contribution in [2.45, 2.75) is 12.3 Å². The first-order valence-electron chi connectivity index (χ1n) is 5.94. The van der Waals surface area contributed by atoms with Gasteiger partial charge in [-0.15, -0.1) is 5.10 Å². The summed E-state index contributed by atoms with van der Waals surface area (Å²) in [5, 5.41) is 12.1. The van der Waals surface area contributed by atoms with Gasteiger partial charge in [-0.05, 0) is 24.7 Å². The molecule has 2 aromatic rings. The highest BCUT2D eigenvalue weighted by molar-refractivity contribution is 6.30. The van der Waals surface area contributed by atoms with E-state index in [1.54, 1.807) is 4.68 Å². The van der Waals surface area contributed by atoms with E-state index in [4.69, 9.17) is 11.6 Å². The van der Waals surface area contributed by atoms with E-state index in [-0.39, 0.29) is 0 Å². The Labute approximate surface area is 112 Å². The van der Waals surface area contributed by atoms with Crippen molar-refractivity contribution in [1.29, 1.82) is 0 Å². The zero-order chi connectivity index (χ0) is 13.0. The van der Waals surface area contributed by atoms with E-state index in [1.165, 1.54) is 5.56 Å². The number of nitrogens with zero attached hydrogens (tertiary/aromatic N) is 3. The Balaban J connectivity index is 2.17. The number of likely N-dealkylation sites (N-methyl/N-ethyl adjacent to an activating group) is 1. The fraction of sp³-hybridized carbons (Fsp3) is 0.385. The second kappa shape index (κ2) is 5.98. The van der Waals surface area contributed by atoms with Crippen molar-refractivity contribution in [1.82, 2.24) is 20.3 Å². The molecule has 5 heteroatoms. The van der Waals surface area contributed by atoms with E-state index >= 15 is 0 Å². The highest BCUT2D eigenvalue weighted by Gasteiger charge is 2.14. The van der Waals surface area contributed by atoms with Crippen LogP contribution in [-0.2, 0) is 13.5 Å². The SMILES string of the molecule is CNCC(Cc1cn(C)nn1)c1cccc(Cl)c1. The maximum Gasteiger partial charge on any atom is 0.0833 e. The first-order chi connectivity index (χ1) is 8.69. The average Bonchev–Trinajstić information content (AvgIpc) is 2.74. The number of aryl methyl sites for hydroxylation is 1. The Morgan fingerprint density at radius 3 is 2.89 bits per heavy atom. The molecule has 0 bridgehead atoms. The summed E-state index contributed by atoms with van der Waals surface area (Å²) < 4.78 is 1.73. The molecule has 4 nitrogen and oxygen atoms in total. The van der Waals surface area contributed by atoms with Gasteiger partial charge in [0, 0.05) is 37.2 Å². The molecule has 0 amide bonds. The summed E-state index contributed by atoms with van der Waals surface area (Å²) in [5.41, 5.74) is 2.22. The molecule has 1 unspecified atom stereocenters. The molecule has 0 fully saturated rings. The lowest BCUT2D eigenvalue weighted by Crippen LogP contribution is -2.19. The number of nitrogens with one attached hydrogen (secondary N) is 1. The highest BCUT2D eigenvalue weighted by Crippen LogP contribution is 2.22. The molecule has 0 saturated carbocycles. The Morgan fingerprint density at radius 1 is 1.44 bits per heavy atom. The predicted molar refractivity (Wildman–Crippen MR) is 72.8 cm³/mol. The van der Waals surface area contributed by atoms with Gasteiger partial charge in [0.15, 0.2) is 0 Å². The average molecular weight is 265 g/mol. The molecule has 1 atom stereocenters. The zero-order valence-electron chi connectivity index (χ0n) is 10.6. The fourth-order valence-electron chi connectivity index (χ4n) is 2.06. The molecular weight excluding hydrogens is 248 g/mol. The number of benzene rings is 1. The third-order valence-electron chi connectivity index (χ3n) is 2.88. The van der Waals surface area contributed by atoms with E-state index < -0.39 is 0 Å². The lowest BCUT2D eigenvalue weighted by molar-refractivity contribution is 0.617. The number of hydrogen-bond acceptors (Lipinski definition) is 3. The summed E-state index contributed by atoms with van der Waals surface area (Å²) >= 11 is 6.04. The van der Waals surface area contributed by atoms with Gasteiger partial charge in [-0.3, -0.25) is 4.68 Å². The van der Waals surface area contributed by atoms with Gasteiger partial charge in [0.1, 0.15) is 0 Å². The number of aromatic nitrogens is 3. The molecule has 0 aliphatic carbocycles. The van der Waals surface area contributed by atoms with Crippen molar-refractivity contribution in [2.75, 3.05) is 13.6 Å². The first-order valence-corrected chi connectivity index (χ1v) is 6.32. The molecule has 18 heavy (non-hydrogen) atoms. The molecule has 1 aromatic carbocycles. The quantitative estimate of drug-likeness (QED) is 0.898. The fourth-order valence-corrected chi connectivity index (χ4v) is 2.25. The van der Waals surface area contributed by atoms with E-state index in [0.29, 0.717) is 5.92 Å². The molecule has 1 N–H and O–H groups in total. The summed E-state index contributed by atoms with van der Waals surface area (Å²) in [6.45, 7) is 0.886. The van der Waals surface area contributed by atoms with Gasteiger partial charge in [0.25, 0.3) is 0 Å². The van der Waals surface area contributed by atoms with Gasteiger partial charge in [0.2, 0.25) is 0 Å². The Bertz CT molecular complexity index is 509. The van der Waals surface area contributed by atoms with Crippen LogP contribution in [0.15, 0.2) is 30.5 Å². The molecule has 0 saturated heterocycles. The molecule has 2 rings (SSSR count). The second-order valence-electron chi connectivity index (χ2n) is 4.40. The minimum Gasteiger partial charge on any atom is -0.319 e. The summed E-state index contributed by atoms with van der Waals surface area (Å²) in [6.07, 6.45) is 2.81. The van der Waals surface area contributed by atoms with Crippen LogP contribution >= 0.6 is 11.6 Å². The largest absolute Gasteiger partial charge is 0.319 e. The van der Waals surface area contributed by atoms with Crippen LogP contribution in [-0.4, -0.2) is 28.6 Å². The van der Waals surface area contributed by atoms with Crippen LogP contribution in [0.1, 0.15) is 17.2 Å². The van der Waals surface area contributed by atoms with Crippen molar-refractivity contribution >= 4 is 11.6 Å². The molecule has 1 heterocycles. The van der Waals surface area contributed by atoms with E-state index in [0.717, 1.165) is 23.7 Å². The third-order valence-corrected chi connectivity index (χ3v) is 3.11. The van der Waals surface area contributed by atoms with Gasteiger partial charge >= 0.3 is 0 Å². The maximum atomic E-state index is 6.04. The minimum absolute atomic E-state index is 0.352. The normalized spacial score (nSPS) is 12.6. The molecule has 96 valence electrons. The summed E-state index contributed by atoms with van der Waals surface area (Å²) in [4.78, 5) is 0. The van der Waals surface area contributed by atoms with Gasteiger partial charge in [-0.2, -0.15) is 0 Å². The van der Waals surface area contributed by atoms with Crippen LogP contribution in [0.25, 0.3) is 0 Å². The van der Waals surface area contributed by atoms with Crippen molar-refractivity contribution < 1.29 is 0 Å². The molecular formula is C13H17ClN4. The smallest absolute Gasteiger partial charge is 0.0833 e. The monoisotopic (exact) mass is 264 g/mol. The number of hydrogen-bond donors (Lipinski definition) is 1. The first kappa shape index (κ1) is 13.1. The van der Waals surface area contributed by atoms with Crippen molar-refractivity contribution in [2.24, 2.45) is 7.05 Å². The predicted octanol–water partition coefficient (Wildman–Crippen LogP) is 2.01. The standard InChI is InChI=1S/C13H17ClN4/c1-15-8-11(7-13-9-18(2)17-16-13)10-4-3-5-12(14)6-10/h3-6,9,11,15H,7-8H2,1-2H3. The number of rotatable bonds is 5. The Morgan fingerprint density at radius 2 is 2.28 bits per heavy atom. The van der Waals surface area contributed by atoms with E-state index in [1.807, 2.05) is 38.5 Å². The highest BCUT2D eigenvalue weighted by atomic mass is 35.5. The van der Waals surface area contributed by atoms with Crippen LogP contribution in [0.4, 0.5) is 0 Å². The van der Waals surface area contributed by atoms with Crippen LogP contribution < -0.4 is 5.32 Å². The molecule has 1 aromatic heterocycles. The van der Waals surface area contributed by atoms with E-state index in [2.05, 4.69) is 21.7 Å². The second-order valence-corrected chi connectivity index (χ2v) is 4.83. The third kappa shape index (κ3) is 3.31. The summed E-state index contributed by atoms with van der Waals surface area (Å²) in [5.74, 6) is 0.352. The molecule has 0 aliphatic rings. The molecule has 0 aliphatic heterocycles. The molecule has 0 radical (unpaired) electrons. The van der Waals surface area contributed by atoms with Crippen LogP contribution in [0, 0.1) is 0 Å². The van der Waals surface area contributed by atoms with Crippen molar-refractivity contribution in [3.8, 4) is 0 Å².